The molecule has 4 unspecified atom stereocenters. The summed E-state index contributed by atoms with van der Waals surface area (Å²) < 4.78 is 60.1. The lowest BCUT2D eigenvalue weighted by Gasteiger charge is -2.36. The van der Waals surface area contributed by atoms with Crippen molar-refractivity contribution in [3.63, 3.8) is 0 Å². The molecule has 1 aliphatic carbocycles. The zero-order valence-electron chi connectivity index (χ0n) is 33.9. The molecule has 2 heterocycles. The van der Waals surface area contributed by atoms with Crippen LogP contribution in [0.4, 0.5) is 9.18 Å². The third-order valence-electron chi connectivity index (χ3n) is 10.00. The summed E-state index contributed by atoms with van der Waals surface area (Å²) >= 11 is 0. The van der Waals surface area contributed by atoms with E-state index in [4.69, 9.17) is 19.2 Å². The van der Waals surface area contributed by atoms with E-state index in [-0.39, 0.29) is 25.0 Å². The molecular weight excluding hydrogens is 782 g/mol. The molecule has 1 aromatic heterocycles. The number of rotatable bonds is 11. The van der Waals surface area contributed by atoms with Crippen molar-refractivity contribution in [3.05, 3.63) is 96.8 Å². The summed E-state index contributed by atoms with van der Waals surface area (Å²) in [5.74, 6) is -2.66. The molecule has 312 valence electrons. The summed E-state index contributed by atoms with van der Waals surface area (Å²) in [6.45, 7) is 14.0. The number of halogens is 1. The summed E-state index contributed by atoms with van der Waals surface area (Å²) in [6, 6.07) is 18.6. The number of ether oxygens (including phenoxy) is 3. The number of aromatic nitrogens is 1. The van der Waals surface area contributed by atoms with Crippen molar-refractivity contribution < 1.29 is 46.2 Å². The molecule has 0 radical (unpaired) electrons. The van der Waals surface area contributed by atoms with E-state index in [1.54, 1.807) is 72.9 Å². The minimum Gasteiger partial charge on any atom is -0.497 e. The predicted octanol–water partition coefficient (Wildman–Crippen LogP) is 5.66. The van der Waals surface area contributed by atoms with Gasteiger partial charge in [-0.3, -0.25) is 14.4 Å². The molecule has 1 saturated carbocycles. The maximum atomic E-state index is 14.7. The molecule has 1 aliphatic heterocycles. The van der Waals surface area contributed by atoms with Gasteiger partial charge in [-0.15, -0.1) is 0 Å². The molecule has 4 aromatic rings. The fourth-order valence-corrected chi connectivity index (χ4v) is 7.99. The molecule has 2 aliphatic rings. The van der Waals surface area contributed by atoms with Gasteiger partial charge in [-0.05, 0) is 56.0 Å². The number of hydrogen-bond acceptors (Lipinski definition) is 10. The van der Waals surface area contributed by atoms with Crippen molar-refractivity contribution in [1.29, 1.82) is 0 Å². The number of hydrogen-bond donors (Lipinski definition) is 3. The Kier molecular flexibility index (Phi) is 11.5. The lowest BCUT2D eigenvalue weighted by Crippen LogP contribution is -2.60. The van der Waals surface area contributed by atoms with Gasteiger partial charge in [0.25, 0.3) is 15.9 Å². The van der Waals surface area contributed by atoms with E-state index in [1.165, 1.54) is 17.0 Å². The van der Waals surface area contributed by atoms with Gasteiger partial charge in [0.2, 0.25) is 11.8 Å². The molecule has 0 spiro atoms. The Morgan fingerprint density at radius 1 is 0.966 bits per heavy atom. The van der Waals surface area contributed by atoms with Gasteiger partial charge in [-0.25, -0.2) is 27.3 Å². The number of carbonyl (C=O) groups is 4. The van der Waals surface area contributed by atoms with Crippen molar-refractivity contribution in [2.45, 2.75) is 88.6 Å². The summed E-state index contributed by atoms with van der Waals surface area (Å²) in [5.41, 5.74) is -1.45. The fraction of sp³-hybridized carbons (Fsp3) is 0.372. The lowest BCUT2D eigenvalue weighted by molar-refractivity contribution is -0.142. The van der Waals surface area contributed by atoms with Gasteiger partial charge in [0.15, 0.2) is 0 Å². The van der Waals surface area contributed by atoms with Gasteiger partial charge in [0.1, 0.15) is 51.5 Å². The average molecular weight is 830 g/mol. The van der Waals surface area contributed by atoms with Crippen LogP contribution in [-0.4, -0.2) is 85.1 Å². The van der Waals surface area contributed by atoms with Crippen molar-refractivity contribution in [1.82, 2.24) is 25.2 Å². The molecule has 2 fully saturated rings. The highest BCUT2D eigenvalue weighted by atomic mass is 32.2. The van der Waals surface area contributed by atoms with Crippen molar-refractivity contribution in [3.8, 4) is 22.8 Å². The van der Waals surface area contributed by atoms with Crippen LogP contribution in [0.1, 0.15) is 54.4 Å². The third-order valence-corrected chi connectivity index (χ3v) is 11.4. The van der Waals surface area contributed by atoms with Crippen LogP contribution in [0.25, 0.3) is 22.2 Å². The van der Waals surface area contributed by atoms with E-state index in [9.17, 15) is 32.0 Å². The van der Waals surface area contributed by atoms with E-state index in [1.807, 2.05) is 35.1 Å². The molecular formula is C43H48FN5O9S. The molecule has 3 N–H and O–H groups in total. The van der Waals surface area contributed by atoms with E-state index < -0.39 is 79.3 Å². The summed E-state index contributed by atoms with van der Waals surface area (Å²) in [5, 5.41) is 5.97. The maximum absolute atomic E-state index is 14.7. The van der Waals surface area contributed by atoms with Gasteiger partial charge >= 0.3 is 6.09 Å². The fourth-order valence-electron chi connectivity index (χ4n) is 6.88. The highest BCUT2D eigenvalue weighted by Crippen LogP contribution is 2.43. The van der Waals surface area contributed by atoms with Crippen LogP contribution < -0.4 is 24.8 Å². The van der Waals surface area contributed by atoms with Crippen LogP contribution in [0.2, 0.25) is 0 Å². The first-order valence-electron chi connectivity index (χ1n) is 18.9. The standard InChI is InChI=1S/C43H48FN5O9S/c1-25-23-43(25,39(52)48-59(54,55)35-17-13-12-16-30(35)44)47-37(50)33-21-28(24-49(33)38(51)36(41(2,3)4)46-40(53)58-42(5,6)7)57-34-22-31(26-14-10-9-11-15-26)45-32-20-27(56-8)18-19-29(32)34/h9-20,22,28,33,36H,1,21,23-24H2,2-8H3,(H,46,53)(H,47,50)(H,48,52). The number of pyridine rings is 1. The van der Waals surface area contributed by atoms with Crippen LogP contribution in [0.5, 0.6) is 11.5 Å². The van der Waals surface area contributed by atoms with Crippen LogP contribution >= 0.6 is 0 Å². The summed E-state index contributed by atoms with van der Waals surface area (Å²) in [6.07, 6.45) is -1.83. The Morgan fingerprint density at radius 2 is 1.63 bits per heavy atom. The predicted molar refractivity (Wildman–Crippen MR) is 217 cm³/mol. The van der Waals surface area contributed by atoms with Gasteiger partial charge in [-0.2, -0.15) is 0 Å². The second-order valence-corrected chi connectivity index (χ2v) is 18.4. The number of alkyl carbamates (subject to hydrolysis) is 1. The molecule has 14 nitrogen and oxygen atoms in total. The number of likely N-dealkylation sites (tertiary alicyclic amines) is 1. The Morgan fingerprint density at radius 3 is 2.24 bits per heavy atom. The SMILES string of the molecule is C=C1CC1(NC(=O)C1CC(Oc2cc(-c3ccccc3)nc3cc(OC)ccc23)CN1C(=O)C(NC(=O)OC(C)(C)C)C(C)(C)C)C(=O)NS(=O)(=O)c1ccccc1F. The number of nitrogens with zero attached hydrogens (tertiary/aromatic N) is 2. The molecule has 16 heteroatoms. The second-order valence-electron chi connectivity index (χ2n) is 16.7. The number of nitrogens with one attached hydrogen (secondary N) is 3. The lowest BCUT2D eigenvalue weighted by atomic mass is 9.85. The molecule has 59 heavy (non-hydrogen) atoms. The minimum atomic E-state index is -4.69. The Balaban J connectivity index is 1.34. The van der Waals surface area contributed by atoms with E-state index in [0.29, 0.717) is 28.1 Å². The number of sulfonamides is 1. The van der Waals surface area contributed by atoms with E-state index >= 15 is 0 Å². The highest BCUT2D eigenvalue weighted by Gasteiger charge is 2.58. The summed E-state index contributed by atoms with van der Waals surface area (Å²) in [7, 11) is -3.15. The zero-order chi connectivity index (χ0) is 43.1. The highest BCUT2D eigenvalue weighted by molar-refractivity contribution is 7.90. The van der Waals surface area contributed by atoms with E-state index in [2.05, 4.69) is 17.2 Å². The molecule has 0 bridgehead atoms. The quantitative estimate of drug-likeness (QED) is 0.160. The number of fused-ring (bicyclic) bond motifs is 1. The Labute approximate surface area is 342 Å². The molecule has 3 aromatic carbocycles. The Bertz CT molecular complexity index is 2430. The molecule has 6 rings (SSSR count). The molecule has 4 atom stereocenters. The monoisotopic (exact) mass is 829 g/mol. The van der Waals surface area contributed by atoms with Gasteiger partial charge in [0, 0.05) is 35.9 Å². The zero-order valence-corrected chi connectivity index (χ0v) is 34.7. The van der Waals surface area contributed by atoms with Gasteiger partial charge in [-0.1, -0.05) is 69.8 Å². The number of amides is 4. The van der Waals surface area contributed by atoms with Crippen LogP contribution in [0.3, 0.4) is 0 Å². The summed E-state index contributed by atoms with van der Waals surface area (Å²) in [4.78, 5) is 61.2. The van der Waals surface area contributed by atoms with Gasteiger partial charge in [0.05, 0.1) is 24.9 Å². The number of benzene rings is 3. The second kappa shape index (κ2) is 16.0. The third kappa shape index (κ3) is 9.32. The number of carbonyl (C=O) groups excluding carboxylic acids is 4. The van der Waals surface area contributed by atoms with Crippen molar-refractivity contribution >= 4 is 44.7 Å². The van der Waals surface area contributed by atoms with Gasteiger partial charge < -0.3 is 29.7 Å². The topological polar surface area (TPSA) is 182 Å². The largest absolute Gasteiger partial charge is 0.497 e. The number of methoxy groups -OCH3 is 1. The van der Waals surface area contributed by atoms with Crippen molar-refractivity contribution in [2.75, 3.05) is 13.7 Å². The van der Waals surface area contributed by atoms with Crippen LogP contribution in [0.15, 0.2) is 95.9 Å². The van der Waals surface area contributed by atoms with Crippen LogP contribution in [-0.2, 0) is 29.1 Å². The first kappa shape index (κ1) is 42.6. The smallest absolute Gasteiger partial charge is 0.408 e. The maximum Gasteiger partial charge on any atom is 0.408 e. The van der Waals surface area contributed by atoms with Crippen LogP contribution in [0, 0.1) is 11.2 Å². The van der Waals surface area contributed by atoms with Crippen molar-refractivity contribution in [2.24, 2.45) is 5.41 Å². The van der Waals surface area contributed by atoms with E-state index in [0.717, 1.165) is 17.7 Å². The molecule has 1 saturated heterocycles. The first-order valence-corrected chi connectivity index (χ1v) is 20.4. The Hall–Kier alpha value is -6.03. The first-order chi connectivity index (χ1) is 27.6. The normalized spacial score (nSPS) is 19.7. The average Bonchev–Trinajstić information content (AvgIpc) is 3.62. The molecule has 4 amide bonds. The minimum absolute atomic E-state index is 0.0702.